The molecule has 0 fully saturated rings. The Morgan fingerprint density at radius 2 is 1.34 bits per heavy atom. The first-order valence-electron chi connectivity index (χ1n) is 9.14. The van der Waals surface area contributed by atoms with Crippen molar-refractivity contribution in [1.82, 2.24) is 5.43 Å². The van der Waals surface area contributed by atoms with Crippen molar-refractivity contribution in [3.63, 3.8) is 0 Å². The molecule has 11 nitrogen and oxygen atoms in total. The number of hydrogen-bond donors (Lipinski definition) is 2. The molecule has 0 saturated heterocycles. The second kappa shape index (κ2) is 10.2. The van der Waals surface area contributed by atoms with Gasteiger partial charge in [0, 0.05) is 41.0 Å². The van der Waals surface area contributed by atoms with Gasteiger partial charge in [0.15, 0.2) is 0 Å². The molecule has 0 aliphatic heterocycles. The molecule has 11 heteroatoms. The third-order valence-corrected chi connectivity index (χ3v) is 4.07. The molecule has 0 saturated carbocycles. The van der Waals surface area contributed by atoms with Crippen molar-refractivity contribution in [3.05, 3.63) is 110 Å². The number of carbonyl (C=O) groups excluding carboxylic acids is 1. The summed E-state index contributed by atoms with van der Waals surface area (Å²) in [4.78, 5) is 32.9. The Morgan fingerprint density at radius 1 is 0.781 bits per heavy atom. The van der Waals surface area contributed by atoms with E-state index in [1.54, 1.807) is 42.5 Å². The second-order valence-corrected chi connectivity index (χ2v) is 6.35. The summed E-state index contributed by atoms with van der Waals surface area (Å²) in [6.07, 6.45) is 2.72. The number of rotatable bonds is 8. The normalized spacial score (nSPS) is 10.9. The quantitative estimate of drug-likeness (QED) is 0.314. The van der Waals surface area contributed by atoms with Crippen LogP contribution in [0.5, 0.6) is 0 Å². The van der Waals surface area contributed by atoms with Gasteiger partial charge in [0.2, 0.25) is 0 Å². The first kappa shape index (κ1) is 21.8. The Hall–Kier alpha value is -4.93. The number of hydrazone groups is 2. The Kier molecular flexibility index (Phi) is 6.94. The van der Waals surface area contributed by atoms with Crippen LogP contribution in [0.4, 0.5) is 17.1 Å². The van der Waals surface area contributed by atoms with E-state index in [1.165, 1.54) is 42.8 Å². The maximum atomic E-state index is 12.3. The van der Waals surface area contributed by atoms with Crippen molar-refractivity contribution in [2.24, 2.45) is 10.2 Å². The lowest BCUT2D eigenvalue weighted by atomic mass is 10.2. The molecule has 2 N–H and O–H groups in total. The first-order chi connectivity index (χ1) is 15.4. The highest BCUT2D eigenvalue weighted by Gasteiger charge is 2.07. The first-order valence-corrected chi connectivity index (χ1v) is 9.14. The number of nitro benzene ring substituents is 2. The van der Waals surface area contributed by atoms with Crippen molar-refractivity contribution in [3.8, 4) is 0 Å². The molecular weight excluding hydrogens is 416 g/mol. The van der Waals surface area contributed by atoms with Gasteiger partial charge in [0.05, 0.1) is 28.0 Å². The Balaban J connectivity index is 1.61. The van der Waals surface area contributed by atoms with Crippen molar-refractivity contribution in [2.45, 2.75) is 0 Å². The average Bonchev–Trinajstić information content (AvgIpc) is 2.79. The van der Waals surface area contributed by atoms with E-state index in [4.69, 9.17) is 0 Å². The molecule has 0 spiro atoms. The lowest BCUT2D eigenvalue weighted by Crippen LogP contribution is -2.17. The number of nitrogens with zero attached hydrogens (tertiary/aromatic N) is 4. The molecule has 32 heavy (non-hydrogen) atoms. The van der Waals surface area contributed by atoms with Gasteiger partial charge in [-0.15, -0.1) is 0 Å². The Bertz CT molecular complexity index is 1220. The zero-order valence-corrected chi connectivity index (χ0v) is 16.4. The highest BCUT2D eigenvalue weighted by atomic mass is 16.6. The van der Waals surface area contributed by atoms with Crippen LogP contribution in [0.1, 0.15) is 21.5 Å². The van der Waals surface area contributed by atoms with Gasteiger partial charge >= 0.3 is 0 Å². The predicted molar refractivity (Wildman–Crippen MR) is 119 cm³/mol. The van der Waals surface area contributed by atoms with Crippen LogP contribution in [-0.4, -0.2) is 28.2 Å². The topological polar surface area (TPSA) is 152 Å². The summed E-state index contributed by atoms with van der Waals surface area (Å²) in [5.41, 5.74) is 6.80. The molecule has 1 amide bonds. The van der Waals surface area contributed by atoms with Crippen LogP contribution in [0, 0.1) is 20.2 Å². The molecule has 0 atom stereocenters. The SMILES string of the molecule is O=C(N/N=C\c1cccc([N+](=O)[O-])c1)c1cccc(N/N=C\c2cccc([N+](=O)[O-])c2)c1. The number of nitro groups is 2. The maximum Gasteiger partial charge on any atom is 0.271 e. The van der Waals surface area contributed by atoms with Crippen LogP contribution in [0.25, 0.3) is 0 Å². The van der Waals surface area contributed by atoms with E-state index < -0.39 is 15.8 Å². The van der Waals surface area contributed by atoms with Crippen LogP contribution < -0.4 is 10.9 Å². The number of non-ortho nitro benzene ring substituents is 2. The molecule has 160 valence electrons. The van der Waals surface area contributed by atoms with Crippen molar-refractivity contribution < 1.29 is 14.6 Å². The lowest BCUT2D eigenvalue weighted by molar-refractivity contribution is -0.385. The van der Waals surface area contributed by atoms with E-state index in [-0.39, 0.29) is 11.4 Å². The van der Waals surface area contributed by atoms with Gasteiger partial charge in [-0.3, -0.25) is 30.4 Å². The maximum absolute atomic E-state index is 12.3. The molecule has 0 aliphatic rings. The monoisotopic (exact) mass is 432 g/mol. The van der Waals surface area contributed by atoms with Crippen LogP contribution in [0.15, 0.2) is 83.0 Å². The summed E-state index contributed by atoms with van der Waals surface area (Å²) in [6.45, 7) is 0. The highest BCUT2D eigenvalue weighted by Crippen LogP contribution is 2.14. The summed E-state index contributed by atoms with van der Waals surface area (Å²) in [5, 5.41) is 29.5. The molecule has 0 aliphatic carbocycles. The molecule has 0 bridgehead atoms. The number of amides is 1. The third kappa shape index (κ3) is 6.03. The van der Waals surface area contributed by atoms with Crippen LogP contribution in [0.3, 0.4) is 0 Å². The van der Waals surface area contributed by atoms with E-state index in [1.807, 2.05) is 0 Å². The van der Waals surface area contributed by atoms with Crippen molar-refractivity contribution >= 4 is 35.4 Å². The highest BCUT2D eigenvalue weighted by molar-refractivity contribution is 5.95. The fourth-order valence-corrected chi connectivity index (χ4v) is 2.58. The summed E-state index contributed by atoms with van der Waals surface area (Å²) < 4.78 is 0. The summed E-state index contributed by atoms with van der Waals surface area (Å²) in [7, 11) is 0. The minimum atomic E-state index is -0.518. The van der Waals surface area contributed by atoms with E-state index in [0.29, 0.717) is 22.4 Å². The van der Waals surface area contributed by atoms with E-state index in [0.717, 1.165) is 0 Å². The van der Waals surface area contributed by atoms with Gasteiger partial charge in [-0.05, 0) is 18.2 Å². The van der Waals surface area contributed by atoms with E-state index in [9.17, 15) is 25.0 Å². The number of nitrogens with one attached hydrogen (secondary N) is 2. The molecule has 3 rings (SSSR count). The smallest absolute Gasteiger partial charge is 0.271 e. The number of benzene rings is 3. The van der Waals surface area contributed by atoms with Gasteiger partial charge in [-0.1, -0.05) is 30.3 Å². The third-order valence-electron chi connectivity index (χ3n) is 4.07. The Labute approximate surface area is 181 Å². The lowest BCUT2D eigenvalue weighted by Gasteiger charge is -2.04. The average molecular weight is 432 g/mol. The molecule has 0 radical (unpaired) electrons. The number of anilines is 1. The molecular formula is C21H16N6O5. The zero-order valence-electron chi connectivity index (χ0n) is 16.4. The molecule has 0 unspecified atom stereocenters. The molecule has 0 heterocycles. The summed E-state index contributed by atoms with van der Waals surface area (Å²) in [5.74, 6) is -0.488. The van der Waals surface area contributed by atoms with Crippen molar-refractivity contribution in [2.75, 3.05) is 5.43 Å². The Morgan fingerprint density at radius 3 is 1.94 bits per heavy atom. The predicted octanol–water partition coefficient (Wildman–Crippen LogP) is 3.71. The van der Waals surface area contributed by atoms with Gasteiger partial charge in [0.25, 0.3) is 17.3 Å². The minimum absolute atomic E-state index is 0.0433. The van der Waals surface area contributed by atoms with E-state index >= 15 is 0 Å². The second-order valence-electron chi connectivity index (χ2n) is 6.35. The summed E-state index contributed by atoms with van der Waals surface area (Å²) >= 11 is 0. The van der Waals surface area contributed by atoms with Gasteiger partial charge in [-0.25, -0.2) is 5.43 Å². The van der Waals surface area contributed by atoms with Gasteiger partial charge < -0.3 is 0 Å². The zero-order chi connectivity index (χ0) is 22.9. The van der Waals surface area contributed by atoms with Crippen molar-refractivity contribution in [1.29, 1.82) is 0 Å². The fourth-order valence-electron chi connectivity index (χ4n) is 2.58. The van der Waals surface area contributed by atoms with Gasteiger partial charge in [0.1, 0.15) is 0 Å². The molecule has 3 aromatic rings. The summed E-state index contributed by atoms with van der Waals surface area (Å²) in [6, 6.07) is 18.3. The number of hydrogen-bond acceptors (Lipinski definition) is 8. The minimum Gasteiger partial charge on any atom is -0.278 e. The fraction of sp³-hybridized carbons (Fsp3) is 0. The van der Waals surface area contributed by atoms with Crippen LogP contribution in [-0.2, 0) is 0 Å². The van der Waals surface area contributed by atoms with Crippen LogP contribution >= 0.6 is 0 Å². The van der Waals surface area contributed by atoms with Crippen LogP contribution in [0.2, 0.25) is 0 Å². The number of carbonyl (C=O) groups is 1. The van der Waals surface area contributed by atoms with Gasteiger partial charge in [-0.2, -0.15) is 10.2 Å². The standard InChI is InChI=1S/C21H16N6O5/c28-21(25-23-14-16-5-2-9-20(11-16)27(31)32)17-6-3-7-18(12-17)24-22-13-15-4-1-8-19(10-15)26(29)30/h1-14,24H,(H,25,28)/b22-13-,23-14-. The molecule has 0 aromatic heterocycles. The largest absolute Gasteiger partial charge is 0.278 e. The molecule has 3 aromatic carbocycles. The van der Waals surface area contributed by atoms with E-state index in [2.05, 4.69) is 21.1 Å².